The third-order valence-corrected chi connectivity index (χ3v) is 4.55. The molecule has 0 aliphatic carbocycles. The highest BCUT2D eigenvalue weighted by molar-refractivity contribution is 5.83. The maximum Gasteiger partial charge on any atom is 0.314 e. The number of aromatic amines is 1. The smallest absolute Gasteiger partial charge is 0.314 e. The van der Waals surface area contributed by atoms with Crippen LogP contribution in [0.2, 0.25) is 0 Å². The van der Waals surface area contributed by atoms with Crippen LogP contribution in [0.15, 0.2) is 24.4 Å². The number of carbonyl (C=O) groups is 1. The first-order valence-electron chi connectivity index (χ1n) is 8.50. The summed E-state index contributed by atoms with van der Waals surface area (Å²) in [5.74, 6) is 0.232. The Labute approximate surface area is 141 Å². The van der Waals surface area contributed by atoms with Gasteiger partial charge >= 0.3 is 6.03 Å². The van der Waals surface area contributed by atoms with Gasteiger partial charge in [0.2, 0.25) is 0 Å². The highest BCUT2D eigenvalue weighted by Crippen LogP contribution is 2.20. The summed E-state index contributed by atoms with van der Waals surface area (Å²) in [7, 11) is 0. The Balaban J connectivity index is 1.42. The summed E-state index contributed by atoms with van der Waals surface area (Å²) in [6, 6.07) is 4.53. The zero-order valence-corrected chi connectivity index (χ0v) is 13.9. The third-order valence-electron chi connectivity index (χ3n) is 4.55. The SMILES string of the molecule is C[C@@H]1C[C@@H](CNC(=O)NCCc2c[nH]c3ccc(F)cc23)CCO1. The van der Waals surface area contributed by atoms with Crippen molar-refractivity contribution >= 4 is 16.9 Å². The number of halogens is 1. The summed E-state index contributed by atoms with van der Waals surface area (Å²) >= 11 is 0. The lowest BCUT2D eigenvalue weighted by atomic mass is 9.96. The minimum absolute atomic E-state index is 0.153. The molecule has 2 atom stereocenters. The number of carbonyl (C=O) groups excluding carboxylic acids is 1. The van der Waals surface area contributed by atoms with E-state index in [0.29, 0.717) is 25.4 Å². The number of amides is 2. The number of urea groups is 1. The summed E-state index contributed by atoms with van der Waals surface area (Å²) in [5.41, 5.74) is 1.91. The number of aromatic nitrogens is 1. The van der Waals surface area contributed by atoms with Crippen molar-refractivity contribution in [2.45, 2.75) is 32.3 Å². The number of rotatable bonds is 5. The van der Waals surface area contributed by atoms with Gasteiger partial charge in [-0.3, -0.25) is 0 Å². The molecule has 24 heavy (non-hydrogen) atoms. The van der Waals surface area contributed by atoms with E-state index in [1.165, 1.54) is 12.1 Å². The van der Waals surface area contributed by atoms with E-state index in [2.05, 4.69) is 22.5 Å². The van der Waals surface area contributed by atoms with Crippen LogP contribution >= 0.6 is 0 Å². The lowest BCUT2D eigenvalue weighted by Gasteiger charge is -2.27. The van der Waals surface area contributed by atoms with Crippen LogP contribution in [0.1, 0.15) is 25.3 Å². The second kappa shape index (κ2) is 7.66. The summed E-state index contributed by atoms with van der Waals surface area (Å²) in [6.45, 7) is 4.03. The minimum Gasteiger partial charge on any atom is -0.378 e. The van der Waals surface area contributed by atoms with E-state index < -0.39 is 0 Å². The van der Waals surface area contributed by atoms with Crippen LogP contribution < -0.4 is 10.6 Å². The molecule has 130 valence electrons. The van der Waals surface area contributed by atoms with Crippen LogP contribution in [0, 0.1) is 11.7 Å². The number of fused-ring (bicyclic) bond motifs is 1. The molecule has 1 aromatic carbocycles. The van der Waals surface area contributed by atoms with Gasteiger partial charge < -0.3 is 20.4 Å². The molecule has 2 aromatic rings. The van der Waals surface area contributed by atoms with Crippen LogP contribution in [-0.2, 0) is 11.2 Å². The van der Waals surface area contributed by atoms with Gasteiger partial charge in [-0.2, -0.15) is 0 Å². The normalized spacial score (nSPS) is 20.9. The van der Waals surface area contributed by atoms with Crippen molar-refractivity contribution in [1.29, 1.82) is 0 Å². The van der Waals surface area contributed by atoms with E-state index in [-0.39, 0.29) is 18.0 Å². The molecule has 1 saturated heterocycles. The molecule has 6 heteroatoms. The second-order valence-electron chi connectivity index (χ2n) is 6.46. The van der Waals surface area contributed by atoms with Crippen molar-refractivity contribution in [2.24, 2.45) is 5.92 Å². The van der Waals surface area contributed by atoms with Crippen LogP contribution in [0.4, 0.5) is 9.18 Å². The van der Waals surface area contributed by atoms with Crippen molar-refractivity contribution in [3.05, 3.63) is 35.8 Å². The fourth-order valence-electron chi connectivity index (χ4n) is 3.24. The Morgan fingerprint density at radius 1 is 1.42 bits per heavy atom. The number of hydrogen-bond acceptors (Lipinski definition) is 2. The molecule has 2 heterocycles. The highest BCUT2D eigenvalue weighted by Gasteiger charge is 2.19. The summed E-state index contributed by atoms with van der Waals surface area (Å²) in [4.78, 5) is 15.0. The van der Waals surface area contributed by atoms with Gasteiger partial charge in [-0.1, -0.05) is 0 Å². The largest absolute Gasteiger partial charge is 0.378 e. The van der Waals surface area contributed by atoms with Gasteiger partial charge in [-0.15, -0.1) is 0 Å². The van der Waals surface area contributed by atoms with Crippen LogP contribution in [0.25, 0.3) is 10.9 Å². The number of nitrogens with one attached hydrogen (secondary N) is 3. The molecule has 1 aliphatic heterocycles. The van der Waals surface area contributed by atoms with Crippen LogP contribution in [-0.4, -0.2) is 36.8 Å². The van der Waals surface area contributed by atoms with Gasteiger partial charge in [-0.05, 0) is 55.9 Å². The van der Waals surface area contributed by atoms with Crippen LogP contribution in [0.3, 0.4) is 0 Å². The fourth-order valence-corrected chi connectivity index (χ4v) is 3.24. The van der Waals surface area contributed by atoms with Gasteiger partial charge in [0.1, 0.15) is 5.82 Å². The molecule has 0 radical (unpaired) electrons. The summed E-state index contributed by atoms with van der Waals surface area (Å²) < 4.78 is 18.9. The zero-order valence-electron chi connectivity index (χ0n) is 13.9. The van der Waals surface area contributed by atoms with Crippen molar-refractivity contribution in [3.8, 4) is 0 Å². The molecule has 0 bridgehead atoms. The lowest BCUT2D eigenvalue weighted by molar-refractivity contribution is 0.00346. The topological polar surface area (TPSA) is 66.2 Å². The molecule has 5 nitrogen and oxygen atoms in total. The molecule has 0 saturated carbocycles. The van der Waals surface area contributed by atoms with Gasteiger partial charge in [0.25, 0.3) is 0 Å². The predicted molar refractivity (Wildman–Crippen MR) is 91.5 cm³/mol. The fraction of sp³-hybridized carbons (Fsp3) is 0.500. The van der Waals surface area contributed by atoms with E-state index in [4.69, 9.17) is 4.74 Å². The van der Waals surface area contributed by atoms with Gasteiger partial charge in [0, 0.05) is 36.8 Å². The molecular formula is C18H24FN3O2. The molecule has 0 unspecified atom stereocenters. The van der Waals surface area contributed by atoms with E-state index in [1.807, 2.05) is 6.20 Å². The van der Waals surface area contributed by atoms with E-state index in [0.717, 1.165) is 35.9 Å². The van der Waals surface area contributed by atoms with Crippen LogP contribution in [0.5, 0.6) is 0 Å². The summed E-state index contributed by atoms with van der Waals surface area (Å²) in [5, 5.41) is 6.66. The average Bonchev–Trinajstić information content (AvgIpc) is 2.95. The number of H-pyrrole nitrogens is 1. The Kier molecular flexibility index (Phi) is 5.35. The number of hydrogen-bond donors (Lipinski definition) is 3. The maximum absolute atomic E-state index is 13.3. The first kappa shape index (κ1) is 16.8. The number of benzene rings is 1. The first-order valence-corrected chi connectivity index (χ1v) is 8.50. The van der Waals surface area contributed by atoms with Crippen molar-refractivity contribution < 1.29 is 13.9 Å². The quantitative estimate of drug-likeness (QED) is 0.787. The molecule has 3 rings (SSSR count). The molecular weight excluding hydrogens is 309 g/mol. The Morgan fingerprint density at radius 3 is 3.12 bits per heavy atom. The zero-order chi connectivity index (χ0) is 16.9. The minimum atomic E-state index is -0.250. The second-order valence-corrected chi connectivity index (χ2v) is 6.46. The number of ether oxygens (including phenoxy) is 1. The van der Waals surface area contributed by atoms with Crippen molar-refractivity contribution in [3.63, 3.8) is 0 Å². The third kappa shape index (κ3) is 4.26. The Morgan fingerprint density at radius 2 is 2.29 bits per heavy atom. The van der Waals surface area contributed by atoms with E-state index in [9.17, 15) is 9.18 Å². The van der Waals surface area contributed by atoms with Gasteiger partial charge in [0.05, 0.1) is 6.10 Å². The van der Waals surface area contributed by atoms with Gasteiger partial charge in [0.15, 0.2) is 0 Å². The molecule has 1 aliphatic rings. The molecule has 2 amide bonds. The van der Waals surface area contributed by atoms with Crippen molar-refractivity contribution in [2.75, 3.05) is 19.7 Å². The Hall–Kier alpha value is -2.08. The molecule has 1 fully saturated rings. The first-order chi connectivity index (χ1) is 11.6. The predicted octanol–water partition coefficient (Wildman–Crippen LogP) is 2.96. The summed E-state index contributed by atoms with van der Waals surface area (Å²) in [6.07, 6.45) is 4.78. The monoisotopic (exact) mass is 333 g/mol. The highest BCUT2D eigenvalue weighted by atomic mass is 19.1. The maximum atomic E-state index is 13.3. The Bertz CT molecular complexity index is 701. The lowest BCUT2D eigenvalue weighted by Crippen LogP contribution is -2.40. The standard InChI is InChI=1S/C18H24FN3O2/c1-12-8-13(5-7-24-12)10-22-18(23)20-6-4-14-11-21-17-3-2-15(19)9-16(14)17/h2-3,9,11-13,21H,4-8,10H2,1H3,(H2,20,22,23)/t12-,13+/m1/s1. The molecule has 1 aromatic heterocycles. The average molecular weight is 333 g/mol. The van der Waals surface area contributed by atoms with E-state index in [1.54, 1.807) is 6.07 Å². The molecule has 3 N–H and O–H groups in total. The van der Waals surface area contributed by atoms with E-state index >= 15 is 0 Å². The van der Waals surface area contributed by atoms with Crippen molar-refractivity contribution in [1.82, 2.24) is 15.6 Å². The van der Waals surface area contributed by atoms with Gasteiger partial charge in [-0.25, -0.2) is 9.18 Å². The molecule has 0 spiro atoms.